The number of rotatable bonds is 2. The lowest BCUT2D eigenvalue weighted by Crippen LogP contribution is -2.69. The van der Waals surface area contributed by atoms with Crippen LogP contribution in [0.1, 0.15) is 28.7 Å². The summed E-state index contributed by atoms with van der Waals surface area (Å²) in [5, 5.41) is 7.48. The highest BCUT2D eigenvalue weighted by molar-refractivity contribution is 7.80. The van der Waals surface area contributed by atoms with Gasteiger partial charge in [0.15, 0.2) is 5.69 Å². The van der Waals surface area contributed by atoms with Crippen molar-refractivity contribution in [3.63, 3.8) is 0 Å². The lowest BCUT2D eigenvalue weighted by Gasteiger charge is -2.27. The predicted molar refractivity (Wildman–Crippen MR) is 67.3 cm³/mol. The maximum absolute atomic E-state index is 11.7. The highest BCUT2D eigenvalue weighted by Crippen LogP contribution is 2.20. The molecule has 0 fully saturated rings. The number of aromatic amines is 1. The minimum atomic E-state index is -0.398. The number of fused-ring (bicyclic) bond motifs is 1. The Kier molecular flexibility index (Phi) is 3.78. The lowest BCUT2D eigenvalue weighted by atomic mass is 10.1. The molecular formula is C10H16N5O2S+. The summed E-state index contributed by atoms with van der Waals surface area (Å²) in [4.78, 5) is 13.7. The third-order valence-corrected chi connectivity index (χ3v) is 3.24. The zero-order valence-corrected chi connectivity index (χ0v) is 11.0. The lowest BCUT2D eigenvalue weighted by molar-refractivity contribution is -0.420. The quantitative estimate of drug-likeness (QED) is 0.361. The number of H-pyrrole nitrogens is 1. The van der Waals surface area contributed by atoms with Gasteiger partial charge in [0, 0.05) is 30.8 Å². The SMILES string of the molecule is CCOC(=O)c1n[nH]c2c1CN(C(=S)N[NH3+])CC2. The summed E-state index contributed by atoms with van der Waals surface area (Å²) in [6, 6.07) is 0. The number of nitrogens with zero attached hydrogens (tertiary/aromatic N) is 2. The average molecular weight is 270 g/mol. The number of thiocarbonyl (C=S) groups is 1. The molecule has 2 rings (SSSR count). The van der Waals surface area contributed by atoms with Gasteiger partial charge in [-0.25, -0.2) is 10.2 Å². The number of carbonyl (C=O) groups excluding carboxylic acids is 1. The molecular weight excluding hydrogens is 254 g/mol. The van der Waals surface area contributed by atoms with Gasteiger partial charge in [0.1, 0.15) is 0 Å². The minimum Gasteiger partial charge on any atom is -0.461 e. The third kappa shape index (κ3) is 2.29. The highest BCUT2D eigenvalue weighted by atomic mass is 32.1. The highest BCUT2D eigenvalue weighted by Gasteiger charge is 2.27. The van der Waals surface area contributed by atoms with E-state index in [4.69, 9.17) is 17.0 Å². The molecule has 0 spiro atoms. The van der Waals surface area contributed by atoms with Gasteiger partial charge in [0.2, 0.25) is 5.11 Å². The summed E-state index contributed by atoms with van der Waals surface area (Å²) in [5.74, 6) is 3.15. The molecule has 18 heavy (non-hydrogen) atoms. The van der Waals surface area contributed by atoms with E-state index < -0.39 is 5.97 Å². The molecule has 0 saturated heterocycles. The van der Waals surface area contributed by atoms with Crippen molar-refractivity contribution >= 4 is 23.3 Å². The fourth-order valence-corrected chi connectivity index (χ4v) is 2.10. The summed E-state index contributed by atoms with van der Waals surface area (Å²) in [6.45, 7) is 3.42. The van der Waals surface area contributed by atoms with Gasteiger partial charge in [0.05, 0.1) is 6.61 Å². The van der Waals surface area contributed by atoms with Crippen LogP contribution in [0.5, 0.6) is 0 Å². The molecule has 0 atom stereocenters. The van der Waals surface area contributed by atoms with E-state index in [0.29, 0.717) is 24.0 Å². The molecule has 7 nitrogen and oxygen atoms in total. The van der Waals surface area contributed by atoms with E-state index >= 15 is 0 Å². The Balaban J connectivity index is 2.21. The molecule has 0 aliphatic carbocycles. The summed E-state index contributed by atoms with van der Waals surface area (Å²) < 4.78 is 4.97. The number of hydrogen-bond acceptors (Lipinski definition) is 4. The number of esters is 1. The van der Waals surface area contributed by atoms with E-state index in [1.165, 1.54) is 0 Å². The molecule has 5 N–H and O–H groups in total. The Morgan fingerprint density at radius 3 is 3.17 bits per heavy atom. The van der Waals surface area contributed by atoms with Crippen molar-refractivity contribution in [2.75, 3.05) is 13.2 Å². The monoisotopic (exact) mass is 270 g/mol. The van der Waals surface area contributed by atoms with Crippen LogP contribution in [0.2, 0.25) is 0 Å². The second-order valence-electron chi connectivity index (χ2n) is 3.90. The Morgan fingerprint density at radius 1 is 1.72 bits per heavy atom. The van der Waals surface area contributed by atoms with E-state index in [-0.39, 0.29) is 0 Å². The molecule has 1 aromatic rings. The van der Waals surface area contributed by atoms with Crippen LogP contribution in [0, 0.1) is 0 Å². The summed E-state index contributed by atoms with van der Waals surface area (Å²) >= 11 is 5.14. The summed E-state index contributed by atoms with van der Waals surface area (Å²) in [6.07, 6.45) is 0.767. The molecule has 98 valence electrons. The van der Waals surface area contributed by atoms with Crippen LogP contribution in [0.3, 0.4) is 0 Å². The van der Waals surface area contributed by atoms with Gasteiger partial charge in [-0.15, -0.1) is 0 Å². The first-order valence-corrected chi connectivity index (χ1v) is 6.13. The van der Waals surface area contributed by atoms with E-state index in [0.717, 1.165) is 24.2 Å². The fraction of sp³-hybridized carbons (Fsp3) is 0.500. The topological polar surface area (TPSA) is 97.9 Å². The number of carbonyl (C=O) groups is 1. The standard InChI is InChI=1S/C10H15N5O2S/c1-2-17-9(16)8-6-5-15(10(18)12-11)4-3-7(6)13-14-8/h2-5,11H2,1H3,(H,12,18)(H,13,14)/p+1. The Labute approximate surface area is 110 Å². The third-order valence-electron chi connectivity index (χ3n) is 2.84. The molecule has 1 aromatic heterocycles. The van der Waals surface area contributed by atoms with Crippen LogP contribution in [0.15, 0.2) is 0 Å². The van der Waals surface area contributed by atoms with Crippen molar-refractivity contribution in [1.29, 1.82) is 0 Å². The van der Waals surface area contributed by atoms with Crippen LogP contribution in [-0.2, 0) is 17.7 Å². The number of nitrogens with one attached hydrogen (secondary N) is 2. The summed E-state index contributed by atoms with van der Waals surface area (Å²) in [5.41, 5.74) is 4.87. The Hall–Kier alpha value is -1.67. The average Bonchev–Trinajstić information content (AvgIpc) is 2.80. The number of hydrogen-bond donors (Lipinski definition) is 3. The number of quaternary nitrogens is 1. The number of aromatic nitrogens is 2. The van der Waals surface area contributed by atoms with Gasteiger partial charge < -0.3 is 9.64 Å². The second kappa shape index (κ2) is 5.32. The zero-order valence-electron chi connectivity index (χ0n) is 10.2. The maximum atomic E-state index is 11.7. The Morgan fingerprint density at radius 2 is 2.50 bits per heavy atom. The van der Waals surface area contributed by atoms with Crippen molar-refractivity contribution in [1.82, 2.24) is 20.5 Å². The second-order valence-corrected chi connectivity index (χ2v) is 4.29. The number of ether oxygens (including phenoxy) is 1. The fourth-order valence-electron chi connectivity index (χ4n) is 1.95. The van der Waals surface area contributed by atoms with E-state index in [1.54, 1.807) is 6.92 Å². The smallest absolute Gasteiger partial charge is 0.359 e. The van der Waals surface area contributed by atoms with Crippen LogP contribution in [0.25, 0.3) is 0 Å². The first kappa shape index (κ1) is 12.8. The Bertz CT molecular complexity index is 473. The summed E-state index contributed by atoms with van der Waals surface area (Å²) in [7, 11) is 0. The molecule has 0 bridgehead atoms. The molecule has 2 heterocycles. The van der Waals surface area contributed by atoms with Crippen LogP contribution < -0.4 is 11.3 Å². The van der Waals surface area contributed by atoms with Gasteiger partial charge in [0.25, 0.3) is 0 Å². The van der Waals surface area contributed by atoms with Crippen molar-refractivity contribution in [2.24, 2.45) is 0 Å². The van der Waals surface area contributed by atoms with Crippen LogP contribution >= 0.6 is 12.2 Å². The van der Waals surface area contributed by atoms with E-state index in [9.17, 15) is 4.79 Å². The van der Waals surface area contributed by atoms with Crippen molar-refractivity contribution in [3.8, 4) is 0 Å². The molecule has 0 aromatic carbocycles. The molecule has 1 aliphatic heterocycles. The molecule has 8 heteroatoms. The van der Waals surface area contributed by atoms with Gasteiger partial charge in [-0.2, -0.15) is 5.10 Å². The molecule has 0 saturated carbocycles. The molecule has 0 amide bonds. The molecule has 0 radical (unpaired) electrons. The first-order valence-electron chi connectivity index (χ1n) is 5.72. The largest absolute Gasteiger partial charge is 0.461 e. The van der Waals surface area contributed by atoms with Crippen molar-refractivity contribution in [3.05, 3.63) is 17.0 Å². The normalized spacial score (nSPS) is 14.0. The zero-order chi connectivity index (χ0) is 13.1. The molecule has 1 aliphatic rings. The van der Waals surface area contributed by atoms with Gasteiger partial charge in [-0.1, -0.05) is 0 Å². The van der Waals surface area contributed by atoms with E-state index in [1.807, 2.05) is 4.90 Å². The minimum absolute atomic E-state index is 0.336. The maximum Gasteiger partial charge on any atom is 0.359 e. The van der Waals surface area contributed by atoms with Gasteiger partial charge >= 0.3 is 5.97 Å². The van der Waals surface area contributed by atoms with E-state index in [2.05, 4.69) is 21.5 Å². The van der Waals surface area contributed by atoms with Crippen molar-refractivity contribution in [2.45, 2.75) is 19.9 Å². The van der Waals surface area contributed by atoms with Gasteiger partial charge in [-0.05, 0) is 19.1 Å². The van der Waals surface area contributed by atoms with Crippen LogP contribution in [0.4, 0.5) is 0 Å². The van der Waals surface area contributed by atoms with Gasteiger partial charge in [-0.3, -0.25) is 10.9 Å². The van der Waals surface area contributed by atoms with Crippen LogP contribution in [-0.4, -0.2) is 39.3 Å². The predicted octanol–water partition coefficient (Wildman–Crippen LogP) is -1.02. The molecule has 0 unspecified atom stereocenters. The van der Waals surface area contributed by atoms with Crippen molar-refractivity contribution < 1.29 is 15.4 Å². The first-order chi connectivity index (χ1) is 8.67.